The molecular formula is C14H19NO3S. The highest BCUT2D eigenvalue weighted by Crippen LogP contribution is 2.10. The zero-order valence-corrected chi connectivity index (χ0v) is 12.0. The molecule has 1 rings (SSSR count). The van der Waals surface area contributed by atoms with Gasteiger partial charge in [0.25, 0.3) is 0 Å². The Kier molecular flexibility index (Phi) is 6.03. The van der Waals surface area contributed by atoms with Crippen LogP contribution in [0.2, 0.25) is 0 Å². The van der Waals surface area contributed by atoms with E-state index >= 15 is 0 Å². The standard InChI is InChI=1S/C14H19NO3S/c1-12(2)9-10-15-19(17,18)14-7-5-13(6-8-14)4-3-11-16/h5-8,12,15-16H,9-11H2,1-2H3. The lowest BCUT2D eigenvalue weighted by molar-refractivity contribution is 0.350. The predicted octanol–water partition coefficient (Wildman–Crippen LogP) is 1.35. The van der Waals surface area contributed by atoms with E-state index in [2.05, 4.69) is 16.6 Å². The molecule has 0 aliphatic rings. The Labute approximate surface area is 114 Å². The Hall–Kier alpha value is -1.35. The second-order valence-electron chi connectivity index (χ2n) is 4.56. The molecule has 5 heteroatoms. The maximum atomic E-state index is 12.0. The lowest BCUT2D eigenvalue weighted by atomic mass is 10.1. The third kappa shape index (κ3) is 5.43. The van der Waals surface area contributed by atoms with Gasteiger partial charge in [-0.15, -0.1) is 0 Å². The summed E-state index contributed by atoms with van der Waals surface area (Å²) in [7, 11) is -3.44. The number of aliphatic hydroxyl groups excluding tert-OH is 1. The molecule has 4 nitrogen and oxygen atoms in total. The Morgan fingerprint density at radius 1 is 1.26 bits per heavy atom. The zero-order valence-electron chi connectivity index (χ0n) is 11.2. The van der Waals surface area contributed by atoms with E-state index in [0.29, 0.717) is 18.0 Å². The van der Waals surface area contributed by atoms with Crippen LogP contribution < -0.4 is 4.72 Å². The molecule has 0 atom stereocenters. The van der Waals surface area contributed by atoms with Crippen molar-refractivity contribution in [2.24, 2.45) is 5.92 Å². The largest absolute Gasteiger partial charge is 0.384 e. The van der Waals surface area contributed by atoms with Crippen molar-refractivity contribution in [3.63, 3.8) is 0 Å². The van der Waals surface area contributed by atoms with Gasteiger partial charge >= 0.3 is 0 Å². The molecule has 2 N–H and O–H groups in total. The molecule has 104 valence electrons. The van der Waals surface area contributed by atoms with Gasteiger partial charge in [-0.1, -0.05) is 25.7 Å². The van der Waals surface area contributed by atoms with Crippen LogP contribution in [-0.2, 0) is 10.0 Å². The first kappa shape index (κ1) is 15.7. The van der Waals surface area contributed by atoms with Crippen molar-refractivity contribution in [3.8, 4) is 11.8 Å². The lowest BCUT2D eigenvalue weighted by Crippen LogP contribution is -2.25. The highest BCUT2D eigenvalue weighted by molar-refractivity contribution is 7.89. The van der Waals surface area contributed by atoms with Crippen molar-refractivity contribution < 1.29 is 13.5 Å². The molecule has 0 aromatic heterocycles. The fourth-order valence-electron chi connectivity index (χ4n) is 1.42. The molecule has 1 aromatic rings. The monoisotopic (exact) mass is 281 g/mol. The zero-order chi connectivity index (χ0) is 14.3. The van der Waals surface area contributed by atoms with E-state index in [9.17, 15) is 8.42 Å². The van der Waals surface area contributed by atoms with Crippen molar-refractivity contribution in [2.45, 2.75) is 25.2 Å². The summed E-state index contributed by atoms with van der Waals surface area (Å²) in [4.78, 5) is 0.228. The van der Waals surface area contributed by atoms with Gasteiger partial charge in [0.1, 0.15) is 6.61 Å². The Morgan fingerprint density at radius 2 is 1.89 bits per heavy atom. The minimum absolute atomic E-state index is 0.212. The highest BCUT2D eigenvalue weighted by Gasteiger charge is 2.12. The number of sulfonamides is 1. The van der Waals surface area contributed by atoms with Crippen molar-refractivity contribution in [1.29, 1.82) is 0 Å². The molecular weight excluding hydrogens is 262 g/mol. The Bertz CT molecular complexity index is 551. The van der Waals surface area contributed by atoms with Gasteiger partial charge in [0.15, 0.2) is 0 Å². The first-order valence-corrected chi connectivity index (χ1v) is 7.63. The minimum atomic E-state index is -3.44. The Morgan fingerprint density at radius 3 is 2.42 bits per heavy atom. The molecule has 0 unspecified atom stereocenters. The van der Waals surface area contributed by atoms with Crippen LogP contribution in [0.3, 0.4) is 0 Å². The fourth-order valence-corrected chi connectivity index (χ4v) is 2.47. The van der Waals surface area contributed by atoms with E-state index in [-0.39, 0.29) is 11.5 Å². The SMILES string of the molecule is CC(C)CCNS(=O)(=O)c1ccc(C#CCO)cc1. The summed E-state index contributed by atoms with van der Waals surface area (Å²) in [6, 6.07) is 6.28. The summed E-state index contributed by atoms with van der Waals surface area (Å²) in [6.07, 6.45) is 0.805. The average Bonchev–Trinajstić information content (AvgIpc) is 2.36. The molecule has 0 saturated heterocycles. The molecule has 0 aliphatic heterocycles. The van der Waals surface area contributed by atoms with E-state index in [1.807, 2.05) is 13.8 Å². The summed E-state index contributed by atoms with van der Waals surface area (Å²) in [5, 5.41) is 8.57. The van der Waals surface area contributed by atoms with E-state index in [0.717, 1.165) is 6.42 Å². The molecule has 0 spiro atoms. The molecule has 1 aromatic carbocycles. The number of benzene rings is 1. The normalized spacial score (nSPS) is 11.2. The number of hydrogen-bond donors (Lipinski definition) is 2. The molecule has 0 heterocycles. The smallest absolute Gasteiger partial charge is 0.240 e. The number of hydrogen-bond acceptors (Lipinski definition) is 3. The quantitative estimate of drug-likeness (QED) is 0.801. The second kappa shape index (κ2) is 7.29. The van der Waals surface area contributed by atoms with Gasteiger partial charge in [-0.05, 0) is 36.6 Å². The third-order valence-electron chi connectivity index (χ3n) is 2.49. The van der Waals surface area contributed by atoms with Crippen LogP contribution in [0.1, 0.15) is 25.8 Å². The molecule has 0 radical (unpaired) electrons. The molecule has 0 aliphatic carbocycles. The van der Waals surface area contributed by atoms with Gasteiger partial charge in [0.05, 0.1) is 4.90 Å². The van der Waals surface area contributed by atoms with Crippen molar-refractivity contribution in [1.82, 2.24) is 4.72 Å². The molecule has 0 amide bonds. The van der Waals surface area contributed by atoms with Crippen LogP contribution >= 0.6 is 0 Å². The van der Waals surface area contributed by atoms with Crippen LogP contribution in [0.25, 0.3) is 0 Å². The van der Waals surface area contributed by atoms with Gasteiger partial charge in [0, 0.05) is 12.1 Å². The third-order valence-corrected chi connectivity index (χ3v) is 3.97. The second-order valence-corrected chi connectivity index (χ2v) is 6.33. The molecule has 0 saturated carbocycles. The van der Waals surface area contributed by atoms with Crippen LogP contribution in [0, 0.1) is 17.8 Å². The number of nitrogens with one attached hydrogen (secondary N) is 1. The van der Waals surface area contributed by atoms with E-state index in [4.69, 9.17) is 5.11 Å². The van der Waals surface area contributed by atoms with Gasteiger partial charge in [0.2, 0.25) is 10.0 Å². The lowest BCUT2D eigenvalue weighted by Gasteiger charge is -2.08. The van der Waals surface area contributed by atoms with Gasteiger partial charge < -0.3 is 5.11 Å². The molecule has 0 bridgehead atoms. The summed E-state index contributed by atoms with van der Waals surface area (Å²) in [5.41, 5.74) is 0.676. The van der Waals surface area contributed by atoms with E-state index in [1.54, 1.807) is 12.1 Å². The van der Waals surface area contributed by atoms with Crippen LogP contribution in [0.5, 0.6) is 0 Å². The van der Waals surface area contributed by atoms with Gasteiger partial charge in [-0.25, -0.2) is 13.1 Å². The average molecular weight is 281 g/mol. The minimum Gasteiger partial charge on any atom is -0.384 e. The fraction of sp³-hybridized carbons (Fsp3) is 0.429. The first-order chi connectivity index (χ1) is 8.95. The van der Waals surface area contributed by atoms with Gasteiger partial charge in [-0.3, -0.25) is 0 Å². The molecule has 19 heavy (non-hydrogen) atoms. The summed E-state index contributed by atoms with van der Waals surface area (Å²) in [5.74, 6) is 5.68. The summed E-state index contributed by atoms with van der Waals surface area (Å²) >= 11 is 0. The summed E-state index contributed by atoms with van der Waals surface area (Å²) in [6.45, 7) is 4.31. The van der Waals surface area contributed by atoms with Crippen LogP contribution in [0.4, 0.5) is 0 Å². The predicted molar refractivity (Wildman–Crippen MR) is 75.0 cm³/mol. The number of aliphatic hydroxyl groups is 1. The van der Waals surface area contributed by atoms with Crippen LogP contribution in [0.15, 0.2) is 29.2 Å². The van der Waals surface area contributed by atoms with Crippen molar-refractivity contribution in [2.75, 3.05) is 13.2 Å². The van der Waals surface area contributed by atoms with Crippen molar-refractivity contribution in [3.05, 3.63) is 29.8 Å². The van der Waals surface area contributed by atoms with E-state index < -0.39 is 10.0 Å². The topological polar surface area (TPSA) is 66.4 Å². The first-order valence-electron chi connectivity index (χ1n) is 6.15. The van der Waals surface area contributed by atoms with Crippen molar-refractivity contribution >= 4 is 10.0 Å². The van der Waals surface area contributed by atoms with Gasteiger partial charge in [-0.2, -0.15) is 0 Å². The highest BCUT2D eigenvalue weighted by atomic mass is 32.2. The molecule has 0 fully saturated rings. The van der Waals surface area contributed by atoms with Crippen LogP contribution in [-0.4, -0.2) is 26.7 Å². The summed E-state index contributed by atoms with van der Waals surface area (Å²) < 4.78 is 26.5. The Balaban J connectivity index is 2.73. The maximum absolute atomic E-state index is 12.0. The van der Waals surface area contributed by atoms with E-state index in [1.165, 1.54) is 12.1 Å². The maximum Gasteiger partial charge on any atom is 0.240 e. The number of rotatable bonds is 5.